The van der Waals surface area contributed by atoms with E-state index in [1.54, 1.807) is 0 Å². The van der Waals surface area contributed by atoms with Crippen molar-refractivity contribution >= 4 is 17.6 Å². The molecule has 1 aliphatic heterocycles. The minimum atomic E-state index is 0.822. The first-order valence-corrected chi connectivity index (χ1v) is 9.54. The second kappa shape index (κ2) is 10.2. The summed E-state index contributed by atoms with van der Waals surface area (Å²) in [6, 6.07) is 1.98. The molecule has 2 heterocycles. The maximum Gasteiger partial charge on any atom is 0.229 e. The van der Waals surface area contributed by atoms with Crippen LogP contribution >= 0.6 is 0 Å². The zero-order chi connectivity index (χ0) is 18.9. The van der Waals surface area contributed by atoms with Crippen molar-refractivity contribution in [2.75, 3.05) is 69.0 Å². The van der Waals surface area contributed by atoms with E-state index < -0.39 is 0 Å². The van der Waals surface area contributed by atoms with Crippen LogP contribution in [0.2, 0.25) is 0 Å². The molecular weight excluding hydrogens is 324 g/mol. The second-order valence-electron chi connectivity index (χ2n) is 6.89. The van der Waals surface area contributed by atoms with E-state index in [9.17, 15) is 0 Å². The largest absolute Gasteiger partial charge is 0.373 e. The van der Waals surface area contributed by atoms with Crippen molar-refractivity contribution in [3.8, 4) is 0 Å². The third kappa shape index (κ3) is 5.73. The predicted octanol–water partition coefficient (Wildman–Crippen LogP) is 3.01. The molecule has 144 valence electrons. The van der Waals surface area contributed by atoms with E-state index in [-0.39, 0.29) is 0 Å². The van der Waals surface area contributed by atoms with Crippen molar-refractivity contribution in [1.82, 2.24) is 14.9 Å². The van der Waals surface area contributed by atoms with Crippen molar-refractivity contribution in [1.29, 1.82) is 0 Å². The number of hydrogen-bond donors (Lipinski definition) is 1. The molecule has 6 nitrogen and oxygen atoms in total. The fourth-order valence-electron chi connectivity index (χ4n) is 3.08. The van der Waals surface area contributed by atoms with Crippen LogP contribution in [0, 0.1) is 0 Å². The van der Waals surface area contributed by atoms with Crippen LogP contribution in [0.1, 0.15) is 26.7 Å². The lowest BCUT2D eigenvalue weighted by molar-refractivity contribution is 0.316. The lowest BCUT2D eigenvalue weighted by Gasteiger charge is -2.24. The van der Waals surface area contributed by atoms with Crippen LogP contribution in [0.3, 0.4) is 0 Å². The fourth-order valence-corrected chi connectivity index (χ4v) is 3.08. The standard InChI is InChI=1S/C20H34N6/c1-6-8-10-17(7-2)16-25-11-9-12-26(14-13-25)20-22-18(21-3)15-19(23-20)24(4)5/h6-8,15H,9-14,16H2,1-5H3,(H,21,22,23)/b8-6-,17-7+. The number of aromatic nitrogens is 2. The molecule has 0 saturated carbocycles. The Hall–Kier alpha value is -2.08. The molecule has 1 aliphatic rings. The Balaban J connectivity index is 2.05. The number of allylic oxidation sites excluding steroid dienone is 3. The molecule has 26 heavy (non-hydrogen) atoms. The summed E-state index contributed by atoms with van der Waals surface area (Å²) >= 11 is 0. The molecule has 1 N–H and O–H groups in total. The van der Waals surface area contributed by atoms with Crippen LogP contribution in [0.4, 0.5) is 17.6 Å². The minimum absolute atomic E-state index is 0.822. The molecule has 1 aromatic rings. The Morgan fingerprint density at radius 3 is 2.65 bits per heavy atom. The first-order valence-electron chi connectivity index (χ1n) is 9.54. The monoisotopic (exact) mass is 358 g/mol. The first-order chi connectivity index (χ1) is 12.6. The van der Waals surface area contributed by atoms with Crippen molar-refractivity contribution in [2.45, 2.75) is 26.7 Å². The van der Waals surface area contributed by atoms with E-state index in [0.29, 0.717) is 0 Å². The summed E-state index contributed by atoms with van der Waals surface area (Å²) in [7, 11) is 5.93. The first kappa shape index (κ1) is 20.2. The quantitative estimate of drug-likeness (QED) is 0.756. The topological polar surface area (TPSA) is 47.5 Å². The summed E-state index contributed by atoms with van der Waals surface area (Å²) in [5.41, 5.74) is 1.49. The van der Waals surface area contributed by atoms with Crippen LogP contribution in [-0.4, -0.2) is 68.7 Å². The Labute approximate surface area is 158 Å². The molecule has 1 fully saturated rings. The van der Waals surface area contributed by atoms with E-state index in [0.717, 1.165) is 63.1 Å². The van der Waals surface area contributed by atoms with Gasteiger partial charge in [0, 0.05) is 59.9 Å². The number of rotatable bonds is 7. The highest BCUT2D eigenvalue weighted by molar-refractivity contribution is 5.53. The normalized spacial score (nSPS) is 16.8. The zero-order valence-corrected chi connectivity index (χ0v) is 17.0. The summed E-state index contributed by atoms with van der Waals surface area (Å²) in [5.74, 6) is 2.62. The molecule has 0 aliphatic carbocycles. The van der Waals surface area contributed by atoms with Crippen molar-refractivity contribution in [3.05, 3.63) is 29.9 Å². The highest BCUT2D eigenvalue weighted by Gasteiger charge is 2.19. The molecule has 2 rings (SSSR count). The van der Waals surface area contributed by atoms with Gasteiger partial charge in [-0.05, 0) is 26.7 Å². The zero-order valence-electron chi connectivity index (χ0n) is 17.0. The molecule has 0 bridgehead atoms. The third-order valence-corrected chi connectivity index (χ3v) is 4.74. The fraction of sp³-hybridized carbons (Fsp3) is 0.600. The van der Waals surface area contributed by atoms with Gasteiger partial charge in [-0.25, -0.2) is 0 Å². The smallest absolute Gasteiger partial charge is 0.229 e. The van der Waals surface area contributed by atoms with Gasteiger partial charge in [0.2, 0.25) is 5.95 Å². The van der Waals surface area contributed by atoms with E-state index >= 15 is 0 Å². The average molecular weight is 359 g/mol. The van der Waals surface area contributed by atoms with Gasteiger partial charge in [-0.15, -0.1) is 0 Å². The van der Waals surface area contributed by atoms with E-state index in [4.69, 9.17) is 4.98 Å². The SMILES string of the molecule is C/C=C\C/C(=C\C)CN1CCCN(c2nc(NC)cc(N(C)C)n2)CC1. The van der Waals surface area contributed by atoms with Gasteiger partial charge < -0.3 is 15.1 Å². The van der Waals surface area contributed by atoms with Gasteiger partial charge in [0.1, 0.15) is 11.6 Å². The molecule has 0 unspecified atom stereocenters. The molecule has 0 aromatic carbocycles. The predicted molar refractivity (Wildman–Crippen MR) is 112 cm³/mol. The van der Waals surface area contributed by atoms with Crippen molar-refractivity contribution in [2.24, 2.45) is 0 Å². The Morgan fingerprint density at radius 2 is 2.00 bits per heavy atom. The molecule has 0 spiro atoms. The van der Waals surface area contributed by atoms with Crippen LogP contribution in [-0.2, 0) is 0 Å². The van der Waals surface area contributed by atoms with Gasteiger partial charge in [0.05, 0.1) is 0 Å². The Kier molecular flexibility index (Phi) is 7.91. The molecule has 0 radical (unpaired) electrons. The maximum absolute atomic E-state index is 4.75. The number of hydrogen-bond acceptors (Lipinski definition) is 6. The van der Waals surface area contributed by atoms with Crippen LogP contribution < -0.4 is 15.1 Å². The van der Waals surface area contributed by atoms with Crippen LogP contribution in [0.25, 0.3) is 0 Å². The molecule has 6 heteroatoms. The van der Waals surface area contributed by atoms with E-state index in [2.05, 4.69) is 52.2 Å². The maximum atomic E-state index is 4.75. The van der Waals surface area contributed by atoms with E-state index in [1.807, 2.05) is 32.1 Å². The second-order valence-corrected chi connectivity index (χ2v) is 6.89. The van der Waals surface area contributed by atoms with Crippen molar-refractivity contribution in [3.63, 3.8) is 0 Å². The van der Waals surface area contributed by atoms with Gasteiger partial charge in [-0.2, -0.15) is 9.97 Å². The number of nitrogens with one attached hydrogen (secondary N) is 1. The van der Waals surface area contributed by atoms with Gasteiger partial charge in [-0.3, -0.25) is 4.90 Å². The lowest BCUT2D eigenvalue weighted by atomic mass is 10.1. The summed E-state index contributed by atoms with van der Waals surface area (Å²) < 4.78 is 0. The summed E-state index contributed by atoms with van der Waals surface area (Å²) in [5, 5.41) is 3.15. The van der Waals surface area contributed by atoms with Crippen molar-refractivity contribution < 1.29 is 0 Å². The number of nitrogens with zero attached hydrogens (tertiary/aromatic N) is 5. The summed E-state index contributed by atoms with van der Waals surface area (Å²) in [6.07, 6.45) is 8.80. The highest BCUT2D eigenvalue weighted by atomic mass is 15.3. The summed E-state index contributed by atoms with van der Waals surface area (Å²) in [6.45, 7) is 9.39. The molecule has 1 aromatic heterocycles. The van der Waals surface area contributed by atoms with Gasteiger partial charge >= 0.3 is 0 Å². The van der Waals surface area contributed by atoms with Crippen LogP contribution in [0.5, 0.6) is 0 Å². The average Bonchev–Trinajstić information content (AvgIpc) is 2.90. The Bertz CT molecular complexity index is 623. The number of anilines is 3. The molecule has 0 amide bonds. The Morgan fingerprint density at radius 1 is 1.19 bits per heavy atom. The van der Waals surface area contributed by atoms with Gasteiger partial charge in [0.25, 0.3) is 0 Å². The molecule has 0 atom stereocenters. The third-order valence-electron chi connectivity index (χ3n) is 4.74. The molecule has 1 saturated heterocycles. The highest BCUT2D eigenvalue weighted by Crippen LogP contribution is 2.20. The van der Waals surface area contributed by atoms with Gasteiger partial charge in [0.15, 0.2) is 0 Å². The van der Waals surface area contributed by atoms with E-state index in [1.165, 1.54) is 5.57 Å². The van der Waals surface area contributed by atoms with Gasteiger partial charge in [-0.1, -0.05) is 23.8 Å². The molecular formula is C20H34N6. The lowest BCUT2D eigenvalue weighted by Crippen LogP contribution is -2.33. The summed E-state index contributed by atoms with van der Waals surface area (Å²) in [4.78, 5) is 16.3. The minimum Gasteiger partial charge on any atom is -0.373 e. The van der Waals surface area contributed by atoms with Crippen LogP contribution in [0.15, 0.2) is 29.9 Å².